The van der Waals surface area contributed by atoms with Gasteiger partial charge in [-0.25, -0.2) is 19.7 Å². The number of anilines is 1. The zero-order valence-electron chi connectivity index (χ0n) is 15.3. The third-order valence-electron chi connectivity index (χ3n) is 4.22. The normalized spacial score (nSPS) is 24.1. The zero-order chi connectivity index (χ0) is 21.0. The van der Waals surface area contributed by atoms with Gasteiger partial charge in [-0.15, -0.1) is 0 Å². The minimum absolute atomic E-state index is 0.0818. The predicted molar refractivity (Wildman–Crippen MR) is 96.5 cm³/mol. The fourth-order valence-electron chi connectivity index (χ4n) is 2.83. The van der Waals surface area contributed by atoms with Gasteiger partial charge >= 0.3 is 6.09 Å². The van der Waals surface area contributed by atoms with Crippen molar-refractivity contribution < 1.29 is 34.4 Å². The fourth-order valence-corrected chi connectivity index (χ4v) is 2.83. The van der Waals surface area contributed by atoms with Crippen molar-refractivity contribution in [1.82, 2.24) is 24.8 Å². The first-order valence-electron chi connectivity index (χ1n) is 8.55. The first kappa shape index (κ1) is 20.6. The fraction of sp³-hybridized carbons (Fsp3) is 0.438. The van der Waals surface area contributed by atoms with Gasteiger partial charge in [-0.2, -0.15) is 0 Å². The lowest BCUT2D eigenvalue weighted by atomic mass is 10.1. The number of methoxy groups -OCH3 is 1. The monoisotopic (exact) mass is 408 g/mol. The van der Waals surface area contributed by atoms with Crippen LogP contribution in [-0.4, -0.2) is 85.4 Å². The van der Waals surface area contributed by atoms with Crippen LogP contribution in [0.2, 0.25) is 0 Å². The molecule has 29 heavy (non-hydrogen) atoms. The van der Waals surface area contributed by atoms with E-state index in [1.54, 1.807) is 0 Å². The van der Waals surface area contributed by atoms with Crippen molar-refractivity contribution in [3.05, 3.63) is 24.8 Å². The van der Waals surface area contributed by atoms with Crippen LogP contribution in [0.15, 0.2) is 24.8 Å². The first-order valence-corrected chi connectivity index (χ1v) is 8.55. The van der Waals surface area contributed by atoms with Crippen LogP contribution < -0.4 is 10.6 Å². The van der Waals surface area contributed by atoms with E-state index in [9.17, 15) is 19.8 Å². The van der Waals surface area contributed by atoms with E-state index in [1.807, 2.05) is 0 Å². The summed E-state index contributed by atoms with van der Waals surface area (Å²) in [7, 11) is 1.20. The summed E-state index contributed by atoms with van der Waals surface area (Å²) in [5, 5.41) is 34.2. The number of nitrogens with one attached hydrogen (secondary N) is 2. The Labute approximate surface area is 164 Å². The van der Waals surface area contributed by atoms with Crippen molar-refractivity contribution in [2.75, 3.05) is 25.6 Å². The minimum Gasteiger partial charge on any atom is -0.453 e. The molecule has 0 bridgehead atoms. The number of carbonyl (C=O) groups excluding carboxylic acids is 2. The molecule has 0 aliphatic carbocycles. The molecule has 13 heteroatoms. The predicted octanol–water partition coefficient (Wildman–Crippen LogP) is -1.71. The Kier molecular flexibility index (Phi) is 6.33. The third-order valence-corrected chi connectivity index (χ3v) is 4.22. The van der Waals surface area contributed by atoms with Crippen LogP contribution in [0.3, 0.4) is 0 Å². The van der Waals surface area contributed by atoms with E-state index in [0.29, 0.717) is 0 Å². The highest BCUT2D eigenvalue weighted by Gasteiger charge is 2.44. The second-order valence-electron chi connectivity index (χ2n) is 6.04. The van der Waals surface area contributed by atoms with E-state index in [2.05, 4.69) is 30.3 Å². The smallest absolute Gasteiger partial charge is 0.406 e. The molecule has 13 nitrogen and oxygen atoms in total. The number of aliphatic hydroxyl groups excluding tert-OH is 3. The van der Waals surface area contributed by atoms with Crippen LogP contribution in [0.25, 0.3) is 11.2 Å². The molecule has 2 aromatic rings. The van der Waals surface area contributed by atoms with Gasteiger partial charge < -0.3 is 35.4 Å². The molecule has 1 aliphatic heterocycles. The average Bonchev–Trinajstić information content (AvgIpc) is 3.27. The van der Waals surface area contributed by atoms with Crippen molar-refractivity contribution >= 4 is 29.0 Å². The number of nitrogens with zero attached hydrogens (tertiary/aromatic N) is 4. The highest BCUT2D eigenvalue weighted by atomic mass is 16.6. The zero-order valence-corrected chi connectivity index (χ0v) is 15.3. The molecule has 0 unspecified atom stereocenters. The number of hydrogen-bond donors (Lipinski definition) is 5. The number of amides is 2. The number of aliphatic hydroxyl groups is 3. The van der Waals surface area contributed by atoms with Gasteiger partial charge in [0.1, 0.15) is 24.6 Å². The standard InChI is InChI=1S/C16H20N6O7/c1-28-16(27)17-5-8-11(25)12(26)15(29-8)22-7-20-10-13(18-6-19-14(10)22)21-9(24)3-2-4-23/h2-3,6-8,11-12,15,23,25-26H,4-5H2,1H3,(H,17,27)(H,18,19,21,24)/b3-2+/t8-,11-,12-,15-/m1/s1. The summed E-state index contributed by atoms with van der Waals surface area (Å²) in [4.78, 5) is 35.3. The van der Waals surface area contributed by atoms with Crippen molar-refractivity contribution in [1.29, 1.82) is 0 Å². The molecule has 156 valence electrons. The van der Waals surface area contributed by atoms with Crippen molar-refractivity contribution in [2.24, 2.45) is 0 Å². The highest BCUT2D eigenvalue weighted by molar-refractivity contribution is 6.02. The molecule has 2 amide bonds. The van der Waals surface area contributed by atoms with Crippen LogP contribution >= 0.6 is 0 Å². The lowest BCUT2D eigenvalue weighted by molar-refractivity contribution is -0.112. The Morgan fingerprint density at radius 3 is 2.83 bits per heavy atom. The Bertz CT molecular complexity index is 916. The number of imidazole rings is 1. The van der Waals surface area contributed by atoms with Crippen LogP contribution in [-0.2, 0) is 14.3 Å². The number of hydrogen-bond acceptors (Lipinski definition) is 10. The first-order chi connectivity index (χ1) is 14.0. The Balaban J connectivity index is 1.81. The molecule has 1 fully saturated rings. The SMILES string of the molecule is COC(=O)NC[C@H]1O[C@@H](n2cnc3c(NC(=O)/C=C/CO)ncnc32)[C@H](O)[C@@H]1O. The van der Waals surface area contributed by atoms with Crippen LogP contribution in [0.4, 0.5) is 10.6 Å². The number of fused-ring (bicyclic) bond motifs is 1. The summed E-state index contributed by atoms with van der Waals surface area (Å²) in [5.74, 6) is -0.395. The average molecular weight is 408 g/mol. The molecule has 3 heterocycles. The van der Waals surface area contributed by atoms with Crippen molar-refractivity contribution in [3.63, 3.8) is 0 Å². The van der Waals surface area contributed by atoms with Gasteiger partial charge in [0.2, 0.25) is 5.91 Å². The Hall–Kier alpha value is -3.13. The van der Waals surface area contributed by atoms with Gasteiger partial charge in [0.25, 0.3) is 0 Å². The molecule has 5 N–H and O–H groups in total. The maximum Gasteiger partial charge on any atom is 0.406 e. The molecule has 0 radical (unpaired) electrons. The quantitative estimate of drug-likeness (QED) is 0.345. The Morgan fingerprint density at radius 2 is 2.10 bits per heavy atom. The van der Waals surface area contributed by atoms with E-state index >= 15 is 0 Å². The van der Waals surface area contributed by atoms with Crippen molar-refractivity contribution in [3.8, 4) is 0 Å². The van der Waals surface area contributed by atoms with Gasteiger partial charge in [0, 0.05) is 12.6 Å². The number of alkyl carbamates (subject to hydrolysis) is 1. The van der Waals surface area contributed by atoms with Gasteiger partial charge in [-0.1, -0.05) is 6.08 Å². The molecule has 1 saturated heterocycles. The summed E-state index contributed by atoms with van der Waals surface area (Å²) >= 11 is 0. The number of aromatic nitrogens is 4. The summed E-state index contributed by atoms with van der Waals surface area (Å²) in [6.45, 7) is -0.367. The van der Waals surface area contributed by atoms with Gasteiger partial charge in [0.15, 0.2) is 23.2 Å². The lowest BCUT2D eigenvalue weighted by Crippen LogP contribution is -2.39. The van der Waals surface area contributed by atoms with E-state index in [-0.39, 0.29) is 30.1 Å². The number of ether oxygens (including phenoxy) is 2. The molecule has 2 aromatic heterocycles. The molecule has 0 saturated carbocycles. The van der Waals surface area contributed by atoms with Crippen molar-refractivity contribution in [2.45, 2.75) is 24.5 Å². The van der Waals surface area contributed by atoms with Gasteiger partial charge in [0.05, 0.1) is 20.0 Å². The van der Waals surface area contributed by atoms with Gasteiger partial charge in [-0.3, -0.25) is 9.36 Å². The maximum atomic E-state index is 11.8. The third kappa shape index (κ3) is 4.32. The number of rotatable bonds is 6. The molecular weight excluding hydrogens is 388 g/mol. The molecule has 3 rings (SSSR count). The second-order valence-corrected chi connectivity index (χ2v) is 6.04. The largest absolute Gasteiger partial charge is 0.453 e. The van der Waals surface area contributed by atoms with Crippen LogP contribution in [0.5, 0.6) is 0 Å². The summed E-state index contributed by atoms with van der Waals surface area (Å²) in [6, 6.07) is 0. The van der Waals surface area contributed by atoms with E-state index < -0.39 is 36.5 Å². The topological polar surface area (TPSA) is 181 Å². The number of carbonyl (C=O) groups is 2. The van der Waals surface area contributed by atoms with Crippen LogP contribution in [0, 0.1) is 0 Å². The molecule has 4 atom stereocenters. The molecule has 0 aromatic carbocycles. The van der Waals surface area contributed by atoms with Crippen LogP contribution in [0.1, 0.15) is 6.23 Å². The summed E-state index contributed by atoms with van der Waals surface area (Å²) in [5.41, 5.74) is 0.485. The van der Waals surface area contributed by atoms with E-state index in [4.69, 9.17) is 9.84 Å². The Morgan fingerprint density at radius 1 is 1.31 bits per heavy atom. The second kappa shape index (κ2) is 8.91. The summed E-state index contributed by atoms with van der Waals surface area (Å²) in [6.07, 6.45) is -0.298. The van der Waals surface area contributed by atoms with E-state index in [1.165, 1.54) is 30.4 Å². The lowest BCUT2D eigenvalue weighted by Gasteiger charge is -2.16. The minimum atomic E-state index is -1.32. The summed E-state index contributed by atoms with van der Waals surface area (Å²) < 4.78 is 11.5. The molecule has 0 spiro atoms. The highest BCUT2D eigenvalue weighted by Crippen LogP contribution is 2.32. The molecule has 1 aliphatic rings. The maximum absolute atomic E-state index is 11.8. The van der Waals surface area contributed by atoms with E-state index in [0.717, 1.165) is 6.08 Å². The molecular formula is C16H20N6O7. The van der Waals surface area contributed by atoms with Gasteiger partial charge in [-0.05, 0) is 0 Å².